The number of carboxylic acid groups (broad SMARTS) is 1. The van der Waals surface area contributed by atoms with Gasteiger partial charge in [0.2, 0.25) is 0 Å². The molecule has 1 aromatic rings. The Balaban J connectivity index is 1.99. The SMILES string of the molecule is CC(C)Sc1ccc(C(=O)N2CCOC(CC(=O)O)C2)cc1. The van der Waals surface area contributed by atoms with E-state index < -0.39 is 12.1 Å². The standard InChI is InChI=1S/C16H21NO4S/c1-11(2)22-14-5-3-12(4-6-14)16(20)17-7-8-21-13(10-17)9-15(18)19/h3-6,11,13H,7-10H2,1-2H3,(H,18,19). The fourth-order valence-electron chi connectivity index (χ4n) is 2.35. The molecule has 0 saturated carbocycles. The lowest BCUT2D eigenvalue weighted by Crippen LogP contribution is -2.46. The first-order chi connectivity index (χ1) is 10.5. The van der Waals surface area contributed by atoms with Crippen LogP contribution in [-0.4, -0.2) is 52.9 Å². The summed E-state index contributed by atoms with van der Waals surface area (Å²) < 4.78 is 5.39. The minimum Gasteiger partial charge on any atom is -0.481 e. The number of aliphatic carboxylic acids is 1. The molecule has 1 fully saturated rings. The van der Waals surface area contributed by atoms with Crippen molar-refractivity contribution in [1.82, 2.24) is 4.90 Å². The van der Waals surface area contributed by atoms with E-state index in [0.717, 1.165) is 4.90 Å². The predicted molar refractivity (Wildman–Crippen MR) is 85.3 cm³/mol. The van der Waals surface area contributed by atoms with Crippen molar-refractivity contribution in [3.05, 3.63) is 29.8 Å². The zero-order chi connectivity index (χ0) is 16.1. The topological polar surface area (TPSA) is 66.8 Å². The number of hydrogen-bond donors (Lipinski definition) is 1. The van der Waals surface area contributed by atoms with Crippen molar-refractivity contribution in [3.63, 3.8) is 0 Å². The number of morpholine rings is 1. The number of thioether (sulfide) groups is 1. The normalized spacial score (nSPS) is 18.5. The molecule has 0 aromatic heterocycles. The summed E-state index contributed by atoms with van der Waals surface area (Å²) in [4.78, 5) is 26.0. The molecule has 1 aliphatic heterocycles. The van der Waals surface area contributed by atoms with E-state index in [2.05, 4.69) is 13.8 Å². The molecule has 0 aliphatic carbocycles. The van der Waals surface area contributed by atoms with E-state index in [1.165, 1.54) is 0 Å². The quantitative estimate of drug-likeness (QED) is 0.843. The highest BCUT2D eigenvalue weighted by molar-refractivity contribution is 7.99. The highest BCUT2D eigenvalue weighted by Crippen LogP contribution is 2.23. The Kier molecular flexibility index (Phi) is 5.85. The van der Waals surface area contributed by atoms with Gasteiger partial charge in [0.15, 0.2) is 0 Å². The van der Waals surface area contributed by atoms with Gasteiger partial charge in [0, 0.05) is 28.8 Å². The third kappa shape index (κ3) is 4.74. The molecule has 1 atom stereocenters. The number of carboxylic acids is 1. The molecule has 1 aromatic carbocycles. The van der Waals surface area contributed by atoms with Crippen LogP contribution in [0.15, 0.2) is 29.2 Å². The van der Waals surface area contributed by atoms with Crippen LogP contribution in [0.5, 0.6) is 0 Å². The van der Waals surface area contributed by atoms with Crippen molar-refractivity contribution in [2.75, 3.05) is 19.7 Å². The Morgan fingerprint density at radius 2 is 2.05 bits per heavy atom. The van der Waals surface area contributed by atoms with Gasteiger partial charge < -0.3 is 14.7 Å². The molecule has 1 unspecified atom stereocenters. The van der Waals surface area contributed by atoms with Crippen LogP contribution in [0, 0.1) is 0 Å². The Hall–Kier alpha value is -1.53. The number of rotatable bonds is 5. The summed E-state index contributed by atoms with van der Waals surface area (Å²) in [6.45, 7) is 5.45. The van der Waals surface area contributed by atoms with E-state index in [0.29, 0.717) is 30.5 Å². The molecule has 0 spiro atoms. The first-order valence-corrected chi connectivity index (χ1v) is 8.23. The van der Waals surface area contributed by atoms with E-state index in [4.69, 9.17) is 9.84 Å². The third-order valence-corrected chi connectivity index (χ3v) is 4.32. The third-order valence-electron chi connectivity index (χ3n) is 3.30. The van der Waals surface area contributed by atoms with Crippen molar-refractivity contribution < 1.29 is 19.4 Å². The van der Waals surface area contributed by atoms with Gasteiger partial charge in [-0.1, -0.05) is 13.8 Å². The number of ether oxygens (including phenoxy) is 1. The molecule has 1 aliphatic rings. The van der Waals surface area contributed by atoms with E-state index >= 15 is 0 Å². The summed E-state index contributed by atoms with van der Waals surface area (Å²) in [6, 6.07) is 7.56. The summed E-state index contributed by atoms with van der Waals surface area (Å²) in [5.74, 6) is -0.978. The summed E-state index contributed by atoms with van der Waals surface area (Å²) in [5, 5.41) is 9.32. The molecular formula is C16H21NO4S. The molecule has 0 radical (unpaired) electrons. The Morgan fingerprint density at radius 3 is 2.64 bits per heavy atom. The zero-order valence-electron chi connectivity index (χ0n) is 12.8. The van der Waals surface area contributed by atoms with Gasteiger partial charge in [-0.05, 0) is 24.3 Å². The van der Waals surface area contributed by atoms with Crippen molar-refractivity contribution in [3.8, 4) is 0 Å². The minimum atomic E-state index is -0.908. The second kappa shape index (κ2) is 7.65. The molecule has 5 nitrogen and oxygen atoms in total. The van der Waals surface area contributed by atoms with Crippen LogP contribution >= 0.6 is 11.8 Å². The molecule has 1 amide bonds. The van der Waals surface area contributed by atoms with Crippen LogP contribution in [0.4, 0.5) is 0 Å². The lowest BCUT2D eigenvalue weighted by atomic mass is 10.1. The van der Waals surface area contributed by atoms with Gasteiger partial charge in [-0.15, -0.1) is 11.8 Å². The second-order valence-corrected chi connectivity index (χ2v) is 7.18. The monoisotopic (exact) mass is 323 g/mol. The predicted octanol–water partition coefficient (Wildman–Crippen LogP) is 2.50. The van der Waals surface area contributed by atoms with Gasteiger partial charge in [-0.25, -0.2) is 0 Å². The van der Waals surface area contributed by atoms with E-state index in [1.54, 1.807) is 16.7 Å². The molecule has 1 heterocycles. The van der Waals surface area contributed by atoms with Gasteiger partial charge in [0.05, 0.1) is 19.1 Å². The number of amides is 1. The van der Waals surface area contributed by atoms with Gasteiger partial charge in [-0.2, -0.15) is 0 Å². The average Bonchev–Trinajstić information content (AvgIpc) is 2.46. The van der Waals surface area contributed by atoms with Crippen LogP contribution in [0.25, 0.3) is 0 Å². The van der Waals surface area contributed by atoms with E-state index in [-0.39, 0.29) is 12.3 Å². The molecule has 6 heteroatoms. The average molecular weight is 323 g/mol. The lowest BCUT2D eigenvalue weighted by Gasteiger charge is -2.32. The molecule has 22 heavy (non-hydrogen) atoms. The van der Waals surface area contributed by atoms with Crippen molar-refractivity contribution in [2.24, 2.45) is 0 Å². The summed E-state index contributed by atoms with van der Waals surface area (Å²) >= 11 is 1.75. The van der Waals surface area contributed by atoms with Crippen molar-refractivity contribution >= 4 is 23.6 Å². The van der Waals surface area contributed by atoms with E-state index in [9.17, 15) is 9.59 Å². The Bertz CT molecular complexity index is 529. The van der Waals surface area contributed by atoms with Crippen LogP contribution in [0.1, 0.15) is 30.6 Å². The number of carbonyl (C=O) groups is 2. The molecule has 1 N–H and O–H groups in total. The minimum absolute atomic E-state index is 0.0696. The van der Waals surface area contributed by atoms with Gasteiger partial charge in [0.25, 0.3) is 5.91 Å². The summed E-state index contributed by atoms with van der Waals surface area (Å²) in [6.07, 6.45) is -0.501. The van der Waals surface area contributed by atoms with Crippen LogP contribution in [0.2, 0.25) is 0 Å². The molecule has 0 bridgehead atoms. The van der Waals surface area contributed by atoms with E-state index in [1.807, 2.05) is 24.3 Å². The summed E-state index contributed by atoms with van der Waals surface area (Å²) in [5.41, 5.74) is 0.629. The Labute approximate surface area is 134 Å². The first kappa shape index (κ1) is 16.8. The number of nitrogens with zero attached hydrogens (tertiary/aromatic N) is 1. The van der Waals surface area contributed by atoms with Crippen LogP contribution < -0.4 is 0 Å². The fourth-order valence-corrected chi connectivity index (χ4v) is 3.19. The maximum atomic E-state index is 12.5. The molecule has 1 saturated heterocycles. The maximum absolute atomic E-state index is 12.5. The molecular weight excluding hydrogens is 302 g/mol. The van der Waals surface area contributed by atoms with Gasteiger partial charge >= 0.3 is 5.97 Å². The largest absolute Gasteiger partial charge is 0.481 e. The van der Waals surface area contributed by atoms with Crippen LogP contribution in [0.3, 0.4) is 0 Å². The van der Waals surface area contributed by atoms with Gasteiger partial charge in [0.1, 0.15) is 0 Å². The zero-order valence-corrected chi connectivity index (χ0v) is 13.6. The molecule has 2 rings (SSSR count). The molecule has 120 valence electrons. The number of carbonyl (C=O) groups excluding carboxylic acids is 1. The smallest absolute Gasteiger partial charge is 0.306 e. The second-order valence-electron chi connectivity index (χ2n) is 5.53. The lowest BCUT2D eigenvalue weighted by molar-refractivity contribution is -0.141. The van der Waals surface area contributed by atoms with Crippen LogP contribution in [-0.2, 0) is 9.53 Å². The maximum Gasteiger partial charge on any atom is 0.306 e. The summed E-state index contributed by atoms with van der Waals surface area (Å²) in [7, 11) is 0. The Morgan fingerprint density at radius 1 is 1.36 bits per heavy atom. The van der Waals surface area contributed by atoms with Crippen molar-refractivity contribution in [2.45, 2.75) is 36.5 Å². The number of benzene rings is 1. The fraction of sp³-hybridized carbons (Fsp3) is 0.500. The number of hydrogen-bond acceptors (Lipinski definition) is 4. The highest BCUT2D eigenvalue weighted by atomic mass is 32.2. The first-order valence-electron chi connectivity index (χ1n) is 7.35. The highest BCUT2D eigenvalue weighted by Gasteiger charge is 2.26. The van der Waals surface area contributed by atoms with Gasteiger partial charge in [-0.3, -0.25) is 9.59 Å². The van der Waals surface area contributed by atoms with Crippen molar-refractivity contribution in [1.29, 1.82) is 0 Å².